The van der Waals surface area contributed by atoms with Crippen LogP contribution in [0.1, 0.15) is 24.7 Å². The van der Waals surface area contributed by atoms with Gasteiger partial charge in [-0.15, -0.1) is 0 Å². The Bertz CT molecular complexity index is 977. The summed E-state index contributed by atoms with van der Waals surface area (Å²) < 4.78 is 1.03. The minimum atomic E-state index is 0.719. The number of hydrogen-bond donors (Lipinski definition) is 0. The molecule has 0 fully saturated rings. The van der Waals surface area contributed by atoms with Crippen LogP contribution < -0.4 is 0 Å². The molecule has 0 atom stereocenters. The summed E-state index contributed by atoms with van der Waals surface area (Å²) in [5.41, 5.74) is 4.96. The molecule has 0 unspecified atom stereocenters. The summed E-state index contributed by atoms with van der Waals surface area (Å²) in [6, 6.07) is 12.1. The van der Waals surface area contributed by atoms with Gasteiger partial charge in [0.15, 0.2) is 5.82 Å². The lowest BCUT2D eigenvalue weighted by atomic mass is 10.0. The molecular formula is C24H21BrN2. The molecule has 2 aromatic rings. The first-order valence-electron chi connectivity index (χ1n) is 8.85. The summed E-state index contributed by atoms with van der Waals surface area (Å²) in [7, 11) is 0. The second kappa shape index (κ2) is 9.24. The molecule has 1 aliphatic rings. The summed E-state index contributed by atoms with van der Waals surface area (Å²) >= 11 is 3.59. The number of nitrogens with zero attached hydrogens (tertiary/aromatic N) is 2. The number of allylic oxidation sites excluding steroid dienone is 11. The highest BCUT2D eigenvalue weighted by molar-refractivity contribution is 9.11. The van der Waals surface area contributed by atoms with Crippen molar-refractivity contribution < 1.29 is 0 Å². The Morgan fingerprint density at radius 2 is 2.00 bits per heavy atom. The monoisotopic (exact) mass is 416 g/mol. The molecule has 0 bridgehead atoms. The molecule has 2 nitrogen and oxygen atoms in total. The van der Waals surface area contributed by atoms with Crippen LogP contribution in [0.2, 0.25) is 0 Å². The van der Waals surface area contributed by atoms with Crippen molar-refractivity contribution in [3.05, 3.63) is 107 Å². The highest BCUT2D eigenvalue weighted by Crippen LogP contribution is 2.28. The highest BCUT2D eigenvalue weighted by atomic mass is 79.9. The molecule has 134 valence electrons. The maximum atomic E-state index is 4.87. The van der Waals surface area contributed by atoms with Crippen LogP contribution in [0, 0.1) is 0 Å². The quantitative estimate of drug-likeness (QED) is 0.494. The van der Waals surface area contributed by atoms with Crippen LogP contribution in [0.25, 0.3) is 22.5 Å². The molecule has 0 radical (unpaired) electrons. The van der Waals surface area contributed by atoms with E-state index in [2.05, 4.69) is 40.7 Å². The fourth-order valence-corrected chi connectivity index (χ4v) is 3.24. The van der Waals surface area contributed by atoms with Gasteiger partial charge in [-0.25, -0.2) is 9.97 Å². The number of aromatic nitrogens is 2. The van der Waals surface area contributed by atoms with Crippen LogP contribution in [0.4, 0.5) is 0 Å². The van der Waals surface area contributed by atoms with Gasteiger partial charge in [0.2, 0.25) is 0 Å². The van der Waals surface area contributed by atoms with Crippen LogP contribution in [0.5, 0.6) is 0 Å². The SMILES string of the molecule is C=C/C=C(\C=C/C)c1cc(C2=CC(Br)=CC=CC2)nc(-c2ccccc2)n1. The van der Waals surface area contributed by atoms with Gasteiger partial charge in [-0.3, -0.25) is 0 Å². The van der Waals surface area contributed by atoms with Crippen LogP contribution in [-0.2, 0) is 0 Å². The van der Waals surface area contributed by atoms with E-state index in [-0.39, 0.29) is 0 Å². The third-order valence-electron chi connectivity index (χ3n) is 4.07. The van der Waals surface area contributed by atoms with E-state index >= 15 is 0 Å². The van der Waals surface area contributed by atoms with Crippen molar-refractivity contribution >= 4 is 27.1 Å². The van der Waals surface area contributed by atoms with E-state index in [0.29, 0.717) is 0 Å². The minimum Gasteiger partial charge on any atom is -0.228 e. The van der Waals surface area contributed by atoms with Gasteiger partial charge < -0.3 is 0 Å². The summed E-state index contributed by atoms with van der Waals surface area (Å²) in [6.45, 7) is 5.83. The zero-order valence-corrected chi connectivity index (χ0v) is 16.9. The Hall–Kier alpha value is -2.78. The average molecular weight is 417 g/mol. The van der Waals surface area contributed by atoms with E-state index in [1.807, 2.05) is 67.6 Å². The van der Waals surface area contributed by atoms with Crippen molar-refractivity contribution in [2.75, 3.05) is 0 Å². The number of halogens is 1. The van der Waals surface area contributed by atoms with E-state index in [4.69, 9.17) is 9.97 Å². The van der Waals surface area contributed by atoms with E-state index in [1.165, 1.54) is 0 Å². The third-order valence-corrected chi connectivity index (χ3v) is 4.56. The van der Waals surface area contributed by atoms with Crippen molar-refractivity contribution in [2.24, 2.45) is 0 Å². The lowest BCUT2D eigenvalue weighted by molar-refractivity contribution is 1.12. The second-order valence-corrected chi connectivity index (χ2v) is 6.95. The summed E-state index contributed by atoms with van der Waals surface area (Å²) in [4.78, 5) is 9.70. The standard InChI is InChI=1S/C24H21BrN2/c1-3-10-18(11-4-2)22-17-23(20-14-8-9-15-21(25)16-20)27-24(26-22)19-12-6-5-7-13-19/h3-13,15-17H,1,14H2,2H3/b11-4-,18-10+. The topological polar surface area (TPSA) is 25.8 Å². The summed E-state index contributed by atoms with van der Waals surface area (Å²) in [6.07, 6.45) is 17.0. The van der Waals surface area contributed by atoms with Gasteiger partial charge in [0, 0.05) is 10.0 Å². The van der Waals surface area contributed by atoms with Crippen LogP contribution in [0.15, 0.2) is 96.1 Å². The molecule has 0 saturated heterocycles. The fourth-order valence-electron chi connectivity index (χ4n) is 2.82. The van der Waals surface area contributed by atoms with E-state index in [9.17, 15) is 0 Å². The zero-order valence-electron chi connectivity index (χ0n) is 15.3. The minimum absolute atomic E-state index is 0.719. The Balaban J connectivity index is 2.20. The average Bonchev–Trinajstić information content (AvgIpc) is 2.92. The van der Waals surface area contributed by atoms with Crippen molar-refractivity contribution in [2.45, 2.75) is 13.3 Å². The normalized spacial score (nSPS) is 14.7. The maximum Gasteiger partial charge on any atom is 0.160 e. The van der Waals surface area contributed by atoms with E-state index in [1.54, 1.807) is 6.08 Å². The smallest absolute Gasteiger partial charge is 0.160 e. The predicted molar refractivity (Wildman–Crippen MR) is 119 cm³/mol. The first kappa shape index (κ1) is 19.0. The largest absolute Gasteiger partial charge is 0.228 e. The lowest BCUT2D eigenvalue weighted by Gasteiger charge is -2.11. The number of rotatable bonds is 5. The molecule has 1 aromatic heterocycles. The van der Waals surface area contributed by atoms with E-state index < -0.39 is 0 Å². The third kappa shape index (κ3) is 4.89. The van der Waals surface area contributed by atoms with Crippen molar-refractivity contribution in [1.29, 1.82) is 0 Å². The van der Waals surface area contributed by atoms with Crippen molar-refractivity contribution in [3.8, 4) is 11.4 Å². The van der Waals surface area contributed by atoms with Crippen molar-refractivity contribution in [3.63, 3.8) is 0 Å². The molecule has 3 rings (SSSR count). The zero-order chi connectivity index (χ0) is 19.1. The Kier molecular flexibility index (Phi) is 6.50. The number of benzene rings is 1. The van der Waals surface area contributed by atoms with Crippen LogP contribution in [-0.4, -0.2) is 9.97 Å². The summed E-state index contributed by atoms with van der Waals surface area (Å²) in [5.74, 6) is 0.719. The molecule has 3 heteroatoms. The van der Waals surface area contributed by atoms with Crippen LogP contribution in [0.3, 0.4) is 0 Å². The van der Waals surface area contributed by atoms with Crippen molar-refractivity contribution in [1.82, 2.24) is 9.97 Å². The molecule has 1 aliphatic carbocycles. The predicted octanol–water partition coefficient (Wildman–Crippen LogP) is 6.91. The van der Waals surface area contributed by atoms with Gasteiger partial charge in [0.05, 0.1) is 11.4 Å². The van der Waals surface area contributed by atoms with Gasteiger partial charge in [-0.1, -0.05) is 89.3 Å². The van der Waals surface area contributed by atoms with Crippen LogP contribution >= 0.6 is 15.9 Å². The molecule has 0 N–H and O–H groups in total. The fraction of sp³-hybridized carbons (Fsp3) is 0.0833. The molecule has 0 spiro atoms. The summed E-state index contributed by atoms with van der Waals surface area (Å²) in [5, 5.41) is 0. The Morgan fingerprint density at radius 1 is 1.19 bits per heavy atom. The number of hydrogen-bond acceptors (Lipinski definition) is 2. The molecule has 0 aliphatic heterocycles. The van der Waals surface area contributed by atoms with Gasteiger partial charge in [-0.2, -0.15) is 0 Å². The van der Waals surface area contributed by atoms with Gasteiger partial charge in [-0.05, 0) is 42.7 Å². The first-order chi connectivity index (χ1) is 13.2. The van der Waals surface area contributed by atoms with Gasteiger partial charge in [0.1, 0.15) is 0 Å². The molecule has 1 heterocycles. The second-order valence-electron chi connectivity index (χ2n) is 6.04. The molecule has 27 heavy (non-hydrogen) atoms. The van der Waals surface area contributed by atoms with Gasteiger partial charge in [0.25, 0.3) is 0 Å². The maximum absolute atomic E-state index is 4.87. The highest BCUT2D eigenvalue weighted by Gasteiger charge is 2.12. The molecule has 0 saturated carbocycles. The first-order valence-corrected chi connectivity index (χ1v) is 9.64. The molecular weight excluding hydrogens is 396 g/mol. The van der Waals surface area contributed by atoms with Gasteiger partial charge >= 0.3 is 0 Å². The Labute approximate surface area is 169 Å². The Morgan fingerprint density at radius 3 is 2.74 bits per heavy atom. The molecule has 1 aromatic carbocycles. The van der Waals surface area contributed by atoms with E-state index in [0.717, 1.165) is 44.8 Å². The molecule has 0 amide bonds. The lowest BCUT2D eigenvalue weighted by Crippen LogP contribution is -2.00.